The second-order valence-electron chi connectivity index (χ2n) is 21.2. The lowest BCUT2D eigenvalue weighted by atomic mass is 10.1. The summed E-state index contributed by atoms with van der Waals surface area (Å²) in [4.78, 5) is 9.00. The highest BCUT2D eigenvalue weighted by atomic mass is 32.3. The third-order valence-corrected chi connectivity index (χ3v) is 23.2. The van der Waals surface area contributed by atoms with Crippen LogP contribution in [0, 0.1) is 0 Å². The Kier molecular flexibility index (Phi) is 33.7. The van der Waals surface area contributed by atoms with Crippen molar-refractivity contribution in [1.82, 2.24) is 0 Å². The van der Waals surface area contributed by atoms with E-state index in [2.05, 4.69) is 8.37 Å². The van der Waals surface area contributed by atoms with E-state index in [1.165, 1.54) is 0 Å². The molecule has 0 bridgehead atoms. The molecule has 4 aromatic rings. The van der Waals surface area contributed by atoms with Crippen LogP contribution in [0.3, 0.4) is 0 Å². The van der Waals surface area contributed by atoms with Crippen LogP contribution in [-0.4, -0.2) is 255 Å². The first kappa shape index (κ1) is 80.1. The Labute approximate surface area is 550 Å². The van der Waals surface area contributed by atoms with Crippen LogP contribution < -0.4 is 0 Å². The van der Waals surface area contributed by atoms with Gasteiger partial charge in [0.15, 0.2) is 23.1 Å². The Bertz CT molecular complexity index is 3110. The molecule has 35 heteroatoms. The summed E-state index contributed by atoms with van der Waals surface area (Å²) < 4.78 is 137. The van der Waals surface area contributed by atoms with E-state index in [4.69, 9.17) is 66.6 Å². The number of aliphatic carboxylic acids is 1. The van der Waals surface area contributed by atoms with Crippen LogP contribution in [0.4, 0.5) is 0 Å². The molecule has 4 aromatic carbocycles. The van der Waals surface area contributed by atoms with Gasteiger partial charge < -0.3 is 79.5 Å². The molecule has 6 heterocycles. The van der Waals surface area contributed by atoms with Gasteiger partial charge in [0.1, 0.15) is 84.1 Å². The Morgan fingerprint density at radius 2 is 1.16 bits per heavy atom. The molecular weight excluding hydrogens is 1350 g/mol. The van der Waals surface area contributed by atoms with E-state index in [9.17, 15) is 60.4 Å². The van der Waals surface area contributed by atoms with Crippen LogP contribution in [0.25, 0.3) is 0 Å². The minimum absolute atomic E-state index is 0. The number of carbonyl (C=O) groups is 1. The minimum atomic E-state index is -4.82. The van der Waals surface area contributed by atoms with Crippen LogP contribution in [0.1, 0.15) is 49.2 Å². The average molecular weight is 1440 g/mol. The number of thioether (sulfide) groups is 1. The zero-order valence-corrected chi connectivity index (χ0v) is 54.4. The number of aliphatic hydroxyl groups is 9. The molecule has 0 aromatic heterocycles. The van der Waals surface area contributed by atoms with Crippen LogP contribution in [-0.2, 0) is 116 Å². The molecule has 29 nitrogen and oxygen atoms in total. The summed E-state index contributed by atoms with van der Waals surface area (Å²) in [6.07, 6.45) is -11.3. The highest BCUT2D eigenvalue weighted by Gasteiger charge is 2.54. The second kappa shape index (κ2) is 39.1. The number of carboxylic acids is 1. The lowest BCUT2D eigenvalue weighted by Gasteiger charge is -2.37. The van der Waals surface area contributed by atoms with Gasteiger partial charge in [0.2, 0.25) is 0 Å². The number of hydrogen-bond acceptors (Lipinski definition) is 27. The van der Waals surface area contributed by atoms with Gasteiger partial charge in [0.05, 0.1) is 76.9 Å². The molecular formula is C58H84O29S6+2. The molecule has 6 fully saturated rings. The Hall–Kier alpha value is -3.59. The van der Waals surface area contributed by atoms with Crippen molar-refractivity contribution in [3.8, 4) is 0 Å². The van der Waals surface area contributed by atoms with Gasteiger partial charge in [-0.05, 0) is 11.1 Å². The summed E-state index contributed by atoms with van der Waals surface area (Å²) in [5, 5.41) is 93.1. The number of benzene rings is 4. The summed E-state index contributed by atoms with van der Waals surface area (Å²) in [5.41, 5.74) is 3.68. The van der Waals surface area contributed by atoms with Gasteiger partial charge in [-0.25, -0.2) is 16.7 Å². The van der Waals surface area contributed by atoms with Gasteiger partial charge in [-0.1, -0.05) is 129 Å². The van der Waals surface area contributed by atoms with E-state index in [0.29, 0.717) is 30.5 Å². The maximum atomic E-state index is 11.4. The summed E-state index contributed by atoms with van der Waals surface area (Å²) in [6, 6.07) is 38.0. The Balaban J connectivity index is 0.000000230. The third-order valence-electron chi connectivity index (χ3n) is 14.4. The molecule has 6 aliphatic heterocycles. The summed E-state index contributed by atoms with van der Waals surface area (Å²) in [7, 11) is -14.8. The molecule has 0 aliphatic carbocycles. The van der Waals surface area contributed by atoms with Gasteiger partial charge in [0.25, 0.3) is 5.97 Å². The number of rotatable bonds is 21. The Morgan fingerprint density at radius 3 is 1.67 bits per heavy atom. The summed E-state index contributed by atoms with van der Waals surface area (Å²) in [5.74, 6) is 0.554. The molecule has 10 rings (SSSR count). The van der Waals surface area contributed by atoms with Gasteiger partial charge in [-0.3, -0.25) is 13.9 Å². The molecule has 12 N–H and O–H groups in total. The molecule has 0 radical (unpaired) electrons. The van der Waals surface area contributed by atoms with E-state index >= 15 is 0 Å². The molecule has 0 saturated carbocycles. The molecule has 4 unspecified atom stereocenters. The van der Waals surface area contributed by atoms with Crippen molar-refractivity contribution in [2.45, 2.75) is 129 Å². The highest BCUT2D eigenvalue weighted by molar-refractivity contribution is 8.00. The number of aliphatic hydroxyl groups excluding tert-OH is 9. The van der Waals surface area contributed by atoms with E-state index in [1.807, 2.05) is 121 Å². The lowest BCUT2D eigenvalue weighted by Crippen LogP contribution is -2.49. The first-order valence-electron chi connectivity index (χ1n) is 28.5. The van der Waals surface area contributed by atoms with E-state index in [0.717, 1.165) is 29.2 Å². The maximum Gasteiger partial charge on any atom is 0.400 e. The van der Waals surface area contributed by atoms with Crippen molar-refractivity contribution in [3.63, 3.8) is 0 Å². The number of ether oxygens (including phenoxy) is 6. The fourth-order valence-corrected chi connectivity index (χ4v) is 18.5. The standard InChI is InChI=1S/C23H28O9S2.C12H16O3S.C11H12O6S.C9H18O9S2.C2H4O2.CH4/c24-11-21-22(29-12-16-7-3-1-4-8-16)18(25)14-33(21)15-20-19(32-34(26,27)28)13-30-23(31-20)17-9-5-2-6-10-17;13-6-11-12(10(14)8-16-11)15-7-9-4-2-1-3-5-9;12-18(13)15-7-9-10(17-18)6-14-11(16-9)8-4-2-1-3-5-8;10-1-7(18-20(15,16)17)5(12)3-19-4-6(13)9(14)8(19)2-11;1-2(3)4;/h1-10,18-25H,11-15H2;1-5,10-14H,6-8H2;1-5,9-11H,6-7H2;5-14H,1-4H2;1H3,(H,3,4);1H4/p+2/t18-,19+,20-,21-,22+,23?,33?;10-,11-,12+;9-,10+,11?;5-,6-,7+,8-,9+,19?;;/m1111../s1. The largest absolute Gasteiger partial charge is 0.481 e. The van der Waals surface area contributed by atoms with Crippen LogP contribution in [0.15, 0.2) is 121 Å². The molecule has 6 aliphatic rings. The van der Waals surface area contributed by atoms with Crippen molar-refractivity contribution in [3.05, 3.63) is 144 Å². The smallest absolute Gasteiger partial charge is 0.400 e. The van der Waals surface area contributed by atoms with Crippen molar-refractivity contribution in [2.75, 3.05) is 75.0 Å². The molecule has 0 amide bonds. The van der Waals surface area contributed by atoms with Gasteiger partial charge >= 0.3 is 31.2 Å². The van der Waals surface area contributed by atoms with E-state index in [1.54, 1.807) is 11.8 Å². The van der Waals surface area contributed by atoms with Gasteiger partial charge in [0, 0.05) is 45.6 Å². The lowest BCUT2D eigenvalue weighted by molar-refractivity contribution is -0.264. The van der Waals surface area contributed by atoms with E-state index < -0.39 is 157 Å². The second-order valence-corrected chi connectivity index (χ2v) is 30.5. The van der Waals surface area contributed by atoms with Crippen LogP contribution in [0.5, 0.6) is 0 Å². The first-order chi connectivity index (χ1) is 43.7. The zero-order chi connectivity index (χ0) is 67.2. The molecule has 6 saturated heterocycles. The zero-order valence-electron chi connectivity index (χ0n) is 49.5. The quantitative estimate of drug-likeness (QED) is 0.0386. The van der Waals surface area contributed by atoms with Crippen molar-refractivity contribution in [2.24, 2.45) is 0 Å². The first-order valence-corrected chi connectivity index (χ1v) is 36.9. The summed E-state index contributed by atoms with van der Waals surface area (Å²) in [6.45, 7) is 0.502. The Morgan fingerprint density at radius 1 is 0.656 bits per heavy atom. The van der Waals surface area contributed by atoms with Crippen molar-refractivity contribution < 1.29 is 135 Å². The number of hydrogen-bond donors (Lipinski definition) is 12. The minimum Gasteiger partial charge on any atom is -0.481 e. The van der Waals surface area contributed by atoms with Crippen LogP contribution >= 0.6 is 11.8 Å². The monoisotopic (exact) mass is 1440 g/mol. The topological polar surface area (TPSA) is 455 Å². The fourth-order valence-electron chi connectivity index (χ4n) is 9.94. The highest BCUT2D eigenvalue weighted by Crippen LogP contribution is 2.35. The predicted molar refractivity (Wildman–Crippen MR) is 339 cm³/mol. The maximum absolute atomic E-state index is 11.4. The molecule has 0 spiro atoms. The van der Waals surface area contributed by atoms with Gasteiger partial charge in [-0.15, -0.1) is 0 Å². The van der Waals surface area contributed by atoms with Crippen molar-refractivity contribution >= 4 is 70.7 Å². The average Bonchev–Trinajstić information content (AvgIpc) is 1.75. The third kappa shape index (κ3) is 26.3. The summed E-state index contributed by atoms with van der Waals surface area (Å²) >= 11 is 1.57. The number of carboxylic acid groups (broad SMARTS) is 1. The van der Waals surface area contributed by atoms with Gasteiger partial charge in [-0.2, -0.15) is 37.0 Å². The molecule has 524 valence electrons. The molecule has 19 atom stereocenters. The number of fused-ring (bicyclic) bond motifs is 1. The van der Waals surface area contributed by atoms with Crippen molar-refractivity contribution in [1.29, 1.82) is 0 Å². The normalized spacial score (nSPS) is 31.1. The molecule has 93 heavy (non-hydrogen) atoms. The van der Waals surface area contributed by atoms with E-state index in [-0.39, 0.29) is 68.6 Å². The van der Waals surface area contributed by atoms with Crippen LogP contribution in [0.2, 0.25) is 0 Å². The predicted octanol–water partition coefficient (Wildman–Crippen LogP) is -0.00190. The fraction of sp³-hybridized carbons (Fsp3) is 0.569. The SMILES string of the molecule is C.CC(=O)O.O=S(=O)(O)O[C@@H](CO)[C@H](O)C[S+]1C[C@@H](O)[C@H](O)[C@H]1CO.O=S(=O)(O)O[C@H]1COC(c2ccccc2)O[C@@H]1C[S+]1C[C@@H](O)[C@H](OCc2ccccc2)[C@H]1CO.O=S1(=O)OC[C@H]2OC(c3ccccc3)OC[C@@H]2O1.OC[C@H]1SC[C@@H](O)[C@@H]1OCc1ccccc1.